The number of nitrogens with one attached hydrogen (secondary N) is 1. The molecule has 3 aromatic rings. The van der Waals surface area contributed by atoms with Gasteiger partial charge in [-0.1, -0.05) is 30.6 Å². The molecule has 0 spiro atoms. The Hall–Kier alpha value is -3.67. The highest BCUT2D eigenvalue weighted by molar-refractivity contribution is 6.31. The molecule has 182 valence electrons. The van der Waals surface area contributed by atoms with Crippen LogP contribution in [0.15, 0.2) is 47.0 Å². The van der Waals surface area contributed by atoms with E-state index in [9.17, 15) is 9.59 Å². The summed E-state index contributed by atoms with van der Waals surface area (Å²) in [5, 5.41) is 16.2. The molecular formula is C26H28ClN5O3. The molecule has 0 saturated heterocycles. The number of rotatable bonds is 8. The van der Waals surface area contributed by atoms with Gasteiger partial charge >= 0.3 is 0 Å². The van der Waals surface area contributed by atoms with Gasteiger partial charge in [-0.25, -0.2) is 0 Å². The van der Waals surface area contributed by atoms with E-state index in [4.69, 9.17) is 27.1 Å². The zero-order valence-electron chi connectivity index (χ0n) is 20.2. The van der Waals surface area contributed by atoms with Crippen LogP contribution in [0.25, 0.3) is 0 Å². The van der Waals surface area contributed by atoms with Gasteiger partial charge in [-0.05, 0) is 73.8 Å². The summed E-state index contributed by atoms with van der Waals surface area (Å²) in [5.74, 6) is -0.112. The number of hydrogen-bond donors (Lipinski definition) is 2. The zero-order valence-corrected chi connectivity index (χ0v) is 20.9. The van der Waals surface area contributed by atoms with Gasteiger partial charge in [0.2, 0.25) is 0 Å². The Balaban J connectivity index is 1.88. The second-order valence-electron chi connectivity index (χ2n) is 9.18. The first-order valence-corrected chi connectivity index (χ1v) is 11.4. The Kier molecular flexibility index (Phi) is 7.95. The van der Waals surface area contributed by atoms with Gasteiger partial charge in [0.25, 0.3) is 11.8 Å². The third-order valence-corrected chi connectivity index (χ3v) is 6.02. The molecule has 0 aliphatic heterocycles. The molecule has 8 nitrogen and oxygen atoms in total. The molecule has 0 aliphatic carbocycles. The minimum atomic E-state index is -0.345. The van der Waals surface area contributed by atoms with Gasteiger partial charge in [0, 0.05) is 29.4 Å². The van der Waals surface area contributed by atoms with Crippen molar-refractivity contribution in [3.8, 4) is 6.07 Å². The number of aromatic nitrogens is 1. The third kappa shape index (κ3) is 6.27. The van der Waals surface area contributed by atoms with Crippen molar-refractivity contribution in [2.75, 3.05) is 18.4 Å². The number of carbonyl (C=O) groups is 2. The maximum atomic E-state index is 13.5. The van der Waals surface area contributed by atoms with E-state index in [0.717, 1.165) is 0 Å². The van der Waals surface area contributed by atoms with Crippen LogP contribution in [-0.4, -0.2) is 35.0 Å². The second kappa shape index (κ2) is 10.7. The zero-order chi connectivity index (χ0) is 25.8. The van der Waals surface area contributed by atoms with Crippen molar-refractivity contribution in [2.45, 2.75) is 34.2 Å². The summed E-state index contributed by atoms with van der Waals surface area (Å²) in [6.45, 7) is 8.35. The fraction of sp³-hybridized carbons (Fsp3) is 0.308. The molecule has 0 atom stereocenters. The van der Waals surface area contributed by atoms with Crippen LogP contribution in [-0.2, 0) is 6.54 Å². The number of carbonyl (C=O) groups excluding carboxylic acids is 2. The monoisotopic (exact) mass is 493 g/mol. The average molecular weight is 494 g/mol. The molecule has 3 rings (SSSR count). The average Bonchev–Trinajstić information content (AvgIpc) is 3.17. The van der Waals surface area contributed by atoms with Crippen LogP contribution < -0.4 is 11.1 Å². The van der Waals surface area contributed by atoms with Crippen molar-refractivity contribution in [2.24, 2.45) is 11.1 Å². The summed E-state index contributed by atoms with van der Waals surface area (Å²) >= 11 is 6.49. The molecule has 2 amide bonds. The molecule has 1 heterocycles. The van der Waals surface area contributed by atoms with E-state index < -0.39 is 0 Å². The highest BCUT2D eigenvalue weighted by atomic mass is 35.5. The van der Waals surface area contributed by atoms with Crippen molar-refractivity contribution >= 4 is 29.1 Å². The predicted molar refractivity (Wildman–Crippen MR) is 134 cm³/mol. The van der Waals surface area contributed by atoms with Crippen molar-refractivity contribution in [1.82, 2.24) is 10.1 Å². The summed E-state index contributed by atoms with van der Waals surface area (Å²) in [6.07, 6.45) is 0. The fourth-order valence-corrected chi connectivity index (χ4v) is 3.78. The SMILES string of the molecule is Cc1noc(C)c1C(=O)N(Cc1cc(NC(=O)c2ccc(C#N)cc2)ccc1Cl)CC(C)(C)CN. The summed E-state index contributed by atoms with van der Waals surface area (Å²) in [5.41, 5.74) is 8.61. The smallest absolute Gasteiger partial charge is 0.259 e. The van der Waals surface area contributed by atoms with Crippen molar-refractivity contribution in [1.29, 1.82) is 5.26 Å². The molecule has 0 radical (unpaired) electrons. The van der Waals surface area contributed by atoms with Crippen LogP contribution >= 0.6 is 11.6 Å². The summed E-state index contributed by atoms with van der Waals surface area (Å²) in [4.78, 5) is 27.9. The van der Waals surface area contributed by atoms with Gasteiger partial charge < -0.3 is 20.5 Å². The van der Waals surface area contributed by atoms with E-state index in [1.54, 1.807) is 61.2 Å². The van der Waals surface area contributed by atoms with Gasteiger partial charge in [0.1, 0.15) is 11.3 Å². The summed E-state index contributed by atoms with van der Waals surface area (Å²) in [7, 11) is 0. The first-order valence-electron chi connectivity index (χ1n) is 11.1. The lowest BCUT2D eigenvalue weighted by molar-refractivity contribution is 0.0670. The van der Waals surface area contributed by atoms with Gasteiger partial charge in [-0.15, -0.1) is 0 Å². The molecule has 0 bridgehead atoms. The van der Waals surface area contributed by atoms with Crippen molar-refractivity contribution in [3.63, 3.8) is 0 Å². The summed E-state index contributed by atoms with van der Waals surface area (Å²) in [6, 6.07) is 13.5. The van der Waals surface area contributed by atoms with Gasteiger partial charge in [-0.2, -0.15) is 5.26 Å². The number of hydrogen-bond acceptors (Lipinski definition) is 6. The largest absolute Gasteiger partial charge is 0.361 e. The van der Waals surface area contributed by atoms with Crippen LogP contribution in [0.5, 0.6) is 0 Å². The van der Waals surface area contributed by atoms with Crippen LogP contribution in [0.2, 0.25) is 5.02 Å². The number of benzene rings is 2. The number of aryl methyl sites for hydroxylation is 2. The summed E-state index contributed by atoms with van der Waals surface area (Å²) < 4.78 is 5.20. The highest BCUT2D eigenvalue weighted by Gasteiger charge is 2.29. The Morgan fingerprint density at radius 3 is 2.46 bits per heavy atom. The lowest BCUT2D eigenvalue weighted by Crippen LogP contribution is -2.42. The van der Waals surface area contributed by atoms with Crippen LogP contribution in [0.1, 0.15) is 57.1 Å². The minimum absolute atomic E-state index is 0.200. The van der Waals surface area contributed by atoms with E-state index in [0.29, 0.717) is 57.5 Å². The number of amides is 2. The maximum absolute atomic E-state index is 13.5. The molecule has 0 fully saturated rings. The van der Waals surface area contributed by atoms with Crippen molar-refractivity contribution in [3.05, 3.63) is 81.2 Å². The number of halogens is 1. The molecular weight excluding hydrogens is 466 g/mol. The fourth-order valence-electron chi connectivity index (χ4n) is 3.61. The lowest BCUT2D eigenvalue weighted by Gasteiger charge is -2.32. The maximum Gasteiger partial charge on any atom is 0.259 e. The van der Waals surface area contributed by atoms with E-state index in [-0.39, 0.29) is 23.8 Å². The normalized spacial score (nSPS) is 11.1. The Morgan fingerprint density at radius 2 is 1.89 bits per heavy atom. The predicted octanol–water partition coefficient (Wildman–Crippen LogP) is 4.70. The van der Waals surface area contributed by atoms with Crippen LogP contribution in [0.3, 0.4) is 0 Å². The standard InChI is InChI=1S/C26H28ClN5O3/c1-16-23(17(2)35-31-16)25(34)32(15-26(3,4)14-29)13-20-11-21(9-10-22(20)27)30-24(33)19-7-5-18(12-28)6-8-19/h5-11H,13-15,29H2,1-4H3,(H,30,33). The van der Waals surface area contributed by atoms with E-state index in [2.05, 4.69) is 10.5 Å². The molecule has 0 unspecified atom stereocenters. The quantitative estimate of drug-likeness (QED) is 0.468. The highest BCUT2D eigenvalue weighted by Crippen LogP contribution is 2.27. The van der Waals surface area contributed by atoms with E-state index in [1.807, 2.05) is 19.9 Å². The molecule has 0 aliphatic rings. The van der Waals surface area contributed by atoms with Crippen molar-refractivity contribution < 1.29 is 14.1 Å². The van der Waals surface area contributed by atoms with E-state index in [1.165, 1.54) is 0 Å². The second-order valence-corrected chi connectivity index (χ2v) is 9.59. The third-order valence-electron chi connectivity index (χ3n) is 5.65. The number of anilines is 1. The number of nitrogens with two attached hydrogens (primary N) is 1. The number of nitriles is 1. The molecule has 35 heavy (non-hydrogen) atoms. The first-order chi connectivity index (χ1) is 16.5. The molecule has 2 aromatic carbocycles. The lowest BCUT2D eigenvalue weighted by atomic mass is 9.92. The molecule has 9 heteroatoms. The molecule has 3 N–H and O–H groups in total. The van der Waals surface area contributed by atoms with Gasteiger partial charge in [0.15, 0.2) is 0 Å². The molecule has 1 aromatic heterocycles. The topological polar surface area (TPSA) is 125 Å². The van der Waals surface area contributed by atoms with Crippen LogP contribution in [0.4, 0.5) is 5.69 Å². The van der Waals surface area contributed by atoms with E-state index >= 15 is 0 Å². The van der Waals surface area contributed by atoms with Gasteiger partial charge in [-0.3, -0.25) is 9.59 Å². The number of nitrogens with zero attached hydrogens (tertiary/aromatic N) is 3. The molecule has 0 saturated carbocycles. The Bertz CT molecular complexity index is 1260. The van der Waals surface area contributed by atoms with Gasteiger partial charge in [0.05, 0.1) is 17.3 Å². The Labute approximate surface area is 209 Å². The first kappa shape index (κ1) is 25.9. The minimum Gasteiger partial charge on any atom is -0.361 e. The van der Waals surface area contributed by atoms with Crippen LogP contribution in [0, 0.1) is 30.6 Å². The Morgan fingerprint density at radius 1 is 1.20 bits per heavy atom.